The number of hydrogen-bond acceptors (Lipinski definition) is 5. The van der Waals surface area contributed by atoms with Crippen molar-refractivity contribution in [2.75, 3.05) is 31.1 Å². The number of halogens is 5. The lowest BCUT2D eigenvalue weighted by Crippen LogP contribution is -2.50. The third-order valence-corrected chi connectivity index (χ3v) is 7.53. The maximum atomic E-state index is 13.8. The van der Waals surface area contributed by atoms with Gasteiger partial charge in [-0.3, -0.25) is 19.1 Å². The highest BCUT2D eigenvalue weighted by Gasteiger charge is 2.37. The van der Waals surface area contributed by atoms with Crippen molar-refractivity contribution in [2.45, 2.75) is 44.6 Å². The molecular formula is C26H26ClF4N5O2. The van der Waals surface area contributed by atoms with Crippen molar-refractivity contribution < 1.29 is 22.4 Å². The quantitative estimate of drug-likeness (QED) is 0.481. The van der Waals surface area contributed by atoms with Crippen LogP contribution in [0.5, 0.6) is 0 Å². The molecule has 12 heteroatoms. The monoisotopic (exact) mass is 551 g/mol. The highest BCUT2D eigenvalue weighted by atomic mass is 35.5. The molecular weight excluding hydrogens is 526 g/mol. The molecule has 0 spiro atoms. The summed E-state index contributed by atoms with van der Waals surface area (Å²) < 4.78 is 53.9. The van der Waals surface area contributed by atoms with Gasteiger partial charge in [-0.25, -0.2) is 9.37 Å². The number of carbonyl (C=O) groups excluding carboxylic acids is 1. The zero-order chi connectivity index (χ0) is 27.2. The first-order valence-corrected chi connectivity index (χ1v) is 12.7. The van der Waals surface area contributed by atoms with Crippen molar-refractivity contribution >= 4 is 34.1 Å². The first-order chi connectivity index (χ1) is 18.0. The predicted molar refractivity (Wildman–Crippen MR) is 137 cm³/mol. The minimum Gasteiger partial charge on any atom is -0.369 e. The molecule has 2 fully saturated rings. The number of carbonyl (C=O) groups is 1. The van der Waals surface area contributed by atoms with Gasteiger partial charge in [0.05, 0.1) is 15.9 Å². The van der Waals surface area contributed by atoms with Crippen LogP contribution in [0.25, 0.3) is 22.3 Å². The topological polar surface area (TPSA) is 70.5 Å². The SMILES string of the molecule is C[C@H](NC(=O)Cn1c(-c2ccc(F)c(Cl)c2)nc2ccc(N3CCN4CCCC4C3)cc2c1=O)C(F)(F)F. The number of fused-ring (bicyclic) bond motifs is 2. The molecule has 202 valence electrons. The van der Waals surface area contributed by atoms with Crippen LogP contribution in [0.4, 0.5) is 23.2 Å². The van der Waals surface area contributed by atoms with Gasteiger partial charge in [-0.15, -0.1) is 0 Å². The molecule has 0 saturated carbocycles. The fraction of sp³-hybridized carbons (Fsp3) is 0.423. The number of amides is 1. The van der Waals surface area contributed by atoms with Gasteiger partial charge in [-0.05, 0) is 62.7 Å². The predicted octanol–water partition coefficient (Wildman–Crippen LogP) is 4.21. The molecule has 0 radical (unpaired) electrons. The number of benzene rings is 2. The number of rotatable bonds is 5. The van der Waals surface area contributed by atoms with Crippen molar-refractivity contribution in [3.05, 3.63) is 57.6 Å². The first-order valence-electron chi connectivity index (χ1n) is 12.4. The summed E-state index contributed by atoms with van der Waals surface area (Å²) in [6.07, 6.45) is -2.36. The Morgan fingerprint density at radius 1 is 1.18 bits per heavy atom. The van der Waals surface area contributed by atoms with E-state index >= 15 is 0 Å². The van der Waals surface area contributed by atoms with Gasteiger partial charge >= 0.3 is 6.18 Å². The molecule has 2 aromatic carbocycles. The number of hydrogen-bond donors (Lipinski definition) is 1. The minimum absolute atomic E-state index is 0.00784. The second kappa shape index (κ2) is 10.2. The van der Waals surface area contributed by atoms with E-state index in [0.717, 1.165) is 62.3 Å². The van der Waals surface area contributed by atoms with E-state index in [-0.39, 0.29) is 21.8 Å². The Morgan fingerprint density at radius 3 is 2.71 bits per heavy atom. The van der Waals surface area contributed by atoms with Crippen molar-refractivity contribution in [1.29, 1.82) is 0 Å². The molecule has 2 atom stereocenters. The second-order valence-electron chi connectivity index (χ2n) is 9.77. The molecule has 3 heterocycles. The van der Waals surface area contributed by atoms with E-state index in [1.807, 2.05) is 11.4 Å². The van der Waals surface area contributed by atoms with Crippen LogP contribution in [0.2, 0.25) is 5.02 Å². The molecule has 1 N–H and O–H groups in total. The summed E-state index contributed by atoms with van der Waals surface area (Å²) in [5.74, 6) is -1.71. The molecule has 0 bridgehead atoms. The van der Waals surface area contributed by atoms with Gasteiger partial charge in [0.2, 0.25) is 5.91 Å². The molecule has 5 rings (SSSR count). The summed E-state index contributed by atoms with van der Waals surface area (Å²) >= 11 is 5.94. The van der Waals surface area contributed by atoms with Crippen molar-refractivity contribution in [3.8, 4) is 11.4 Å². The van der Waals surface area contributed by atoms with E-state index in [1.165, 1.54) is 12.1 Å². The van der Waals surface area contributed by atoms with E-state index in [4.69, 9.17) is 11.6 Å². The zero-order valence-corrected chi connectivity index (χ0v) is 21.3. The number of aromatic nitrogens is 2. The smallest absolute Gasteiger partial charge is 0.369 e. The van der Waals surface area contributed by atoms with Crippen molar-refractivity contribution in [3.63, 3.8) is 0 Å². The van der Waals surface area contributed by atoms with E-state index in [9.17, 15) is 27.2 Å². The molecule has 2 aliphatic heterocycles. The van der Waals surface area contributed by atoms with Crippen LogP contribution in [0.15, 0.2) is 41.2 Å². The lowest BCUT2D eigenvalue weighted by molar-refractivity contribution is -0.158. The molecule has 1 aromatic heterocycles. The van der Waals surface area contributed by atoms with Gasteiger partial charge in [0.15, 0.2) is 0 Å². The molecule has 7 nitrogen and oxygen atoms in total. The summed E-state index contributed by atoms with van der Waals surface area (Å²) in [7, 11) is 0. The molecule has 1 amide bonds. The van der Waals surface area contributed by atoms with Crippen molar-refractivity contribution in [2.24, 2.45) is 0 Å². The average molecular weight is 552 g/mol. The Hall–Kier alpha value is -3.18. The van der Waals surface area contributed by atoms with Gasteiger partial charge in [-0.2, -0.15) is 13.2 Å². The molecule has 2 aliphatic rings. The van der Waals surface area contributed by atoms with Gasteiger partial charge in [0.1, 0.15) is 24.2 Å². The summed E-state index contributed by atoms with van der Waals surface area (Å²) in [5, 5.41) is 1.88. The largest absolute Gasteiger partial charge is 0.408 e. The minimum atomic E-state index is -4.65. The number of nitrogens with one attached hydrogen (secondary N) is 1. The van der Waals surface area contributed by atoms with E-state index in [0.29, 0.717) is 11.6 Å². The number of nitrogens with zero attached hydrogens (tertiary/aromatic N) is 4. The lowest BCUT2D eigenvalue weighted by Gasteiger charge is -2.38. The molecule has 3 aromatic rings. The fourth-order valence-electron chi connectivity index (χ4n) is 5.15. The number of anilines is 1. The molecule has 0 aliphatic carbocycles. The summed E-state index contributed by atoms with van der Waals surface area (Å²) in [5.41, 5.74) is 0.825. The van der Waals surface area contributed by atoms with E-state index < -0.39 is 36.0 Å². The molecule has 38 heavy (non-hydrogen) atoms. The summed E-state index contributed by atoms with van der Waals surface area (Å²) in [6.45, 7) is 3.75. The van der Waals surface area contributed by atoms with Crippen LogP contribution in [0.1, 0.15) is 19.8 Å². The summed E-state index contributed by atoms with van der Waals surface area (Å²) in [4.78, 5) is 35.5. The maximum Gasteiger partial charge on any atom is 0.408 e. The molecule has 1 unspecified atom stereocenters. The summed E-state index contributed by atoms with van der Waals surface area (Å²) in [6, 6.07) is 7.34. The van der Waals surface area contributed by atoms with Crippen LogP contribution in [0.3, 0.4) is 0 Å². The molecule has 2 saturated heterocycles. The Morgan fingerprint density at radius 2 is 1.97 bits per heavy atom. The van der Waals surface area contributed by atoms with E-state index in [1.54, 1.807) is 12.1 Å². The standard InChI is InChI=1S/C26H26ClF4N5O2/c1-15(26(29,30)31)32-23(37)14-36-24(16-4-6-21(28)20(27)11-16)33-22-7-5-17(12-19(22)25(36)38)35-10-9-34-8-2-3-18(34)13-35/h4-7,11-12,15,18H,2-3,8-10,13-14H2,1H3,(H,32,37)/t15-,18?/m0/s1. The third kappa shape index (κ3) is 5.22. The van der Waals surface area contributed by atoms with Gasteiger partial charge in [0.25, 0.3) is 5.56 Å². The van der Waals surface area contributed by atoms with Crippen LogP contribution < -0.4 is 15.8 Å². The number of piperazine rings is 1. The Labute approximate surface area is 221 Å². The van der Waals surface area contributed by atoms with Crippen LogP contribution in [-0.2, 0) is 11.3 Å². The zero-order valence-electron chi connectivity index (χ0n) is 20.6. The average Bonchev–Trinajstić information content (AvgIpc) is 3.34. The van der Waals surface area contributed by atoms with E-state index in [2.05, 4.69) is 14.8 Å². The third-order valence-electron chi connectivity index (χ3n) is 7.24. The van der Waals surface area contributed by atoms with Crippen LogP contribution in [-0.4, -0.2) is 64.8 Å². The lowest BCUT2D eigenvalue weighted by atomic mass is 10.1. The Bertz CT molecular complexity index is 1440. The second-order valence-corrected chi connectivity index (χ2v) is 10.2. The van der Waals surface area contributed by atoms with Crippen LogP contribution >= 0.6 is 11.6 Å². The highest BCUT2D eigenvalue weighted by molar-refractivity contribution is 6.31. The van der Waals surface area contributed by atoms with Gasteiger partial charge < -0.3 is 10.2 Å². The van der Waals surface area contributed by atoms with Gasteiger partial charge in [-0.1, -0.05) is 11.6 Å². The highest BCUT2D eigenvalue weighted by Crippen LogP contribution is 2.29. The maximum absolute atomic E-state index is 13.8. The van der Waals surface area contributed by atoms with Crippen LogP contribution in [0, 0.1) is 5.82 Å². The Balaban J connectivity index is 1.56. The first kappa shape index (κ1) is 26.4. The normalized spacial score (nSPS) is 19.0. The van der Waals surface area contributed by atoms with Crippen molar-refractivity contribution in [1.82, 2.24) is 19.8 Å². The fourth-order valence-corrected chi connectivity index (χ4v) is 5.33. The number of alkyl halides is 3. The van der Waals surface area contributed by atoms with Gasteiger partial charge in [0, 0.05) is 36.9 Å². The Kier molecular flexibility index (Phi) is 7.08.